The number of rotatable bonds is 27. The Kier molecular flexibility index (Phi) is 19.5. The summed E-state index contributed by atoms with van der Waals surface area (Å²) in [5.74, 6) is -9.10. The Morgan fingerprint density at radius 1 is 0.729 bits per heavy atom. The number of carboxylic acid groups (broad SMARTS) is 2. The van der Waals surface area contributed by atoms with Crippen molar-refractivity contribution in [2.24, 2.45) is 17.1 Å². The zero-order valence-electron chi connectivity index (χ0n) is 33.4. The number of nitrogens with zero attached hydrogens (tertiary/aromatic N) is 2. The Morgan fingerprint density at radius 2 is 1.29 bits per heavy atom. The zero-order chi connectivity index (χ0) is 44.4. The number of carbonyl (C=O) groups excluding carboxylic acids is 9. The van der Waals surface area contributed by atoms with Crippen molar-refractivity contribution in [1.82, 2.24) is 36.4 Å². The molecule has 23 heteroatoms. The van der Waals surface area contributed by atoms with Crippen molar-refractivity contribution in [2.45, 2.75) is 84.0 Å². The summed E-state index contributed by atoms with van der Waals surface area (Å²) in [5, 5.41) is 31.1. The first-order valence-corrected chi connectivity index (χ1v) is 18.9. The number of imide groups is 1. The maximum atomic E-state index is 13.3. The van der Waals surface area contributed by atoms with Crippen LogP contribution in [-0.2, 0) is 62.2 Å². The summed E-state index contributed by atoms with van der Waals surface area (Å²) in [5.41, 5.74) is 3.19. The summed E-state index contributed by atoms with van der Waals surface area (Å²) in [6.45, 7) is 5.77. The summed E-state index contributed by atoms with van der Waals surface area (Å²) in [7, 11) is 0. The summed E-state index contributed by atoms with van der Waals surface area (Å²) in [4.78, 5) is 136. The SMILES string of the molecule is CC(C)CC(CC(=O)N1CC(C(=O)O)(C(=O)O)C1)NC(=O)C(CC(N)=O)NC(=O)C(C)NC(=O)C(C)NC(=O)CCOCCOCCNC(=O)CCN1C(=O)C=CC1=O. The third kappa shape index (κ3) is 16.1. The first-order chi connectivity index (χ1) is 27.7. The number of hydrogen-bond donors (Lipinski definition) is 8. The lowest BCUT2D eigenvalue weighted by Gasteiger charge is -2.44. The highest BCUT2D eigenvalue weighted by molar-refractivity contribution is 6.13. The molecule has 9 N–H and O–H groups in total. The Morgan fingerprint density at radius 3 is 1.85 bits per heavy atom. The average Bonchev–Trinajstić information content (AvgIpc) is 3.43. The Balaban J connectivity index is 1.72. The molecule has 0 radical (unpaired) electrons. The molecule has 0 aromatic rings. The van der Waals surface area contributed by atoms with E-state index in [4.69, 9.17) is 15.2 Å². The van der Waals surface area contributed by atoms with Crippen molar-refractivity contribution in [3.8, 4) is 0 Å². The zero-order valence-corrected chi connectivity index (χ0v) is 33.4. The molecule has 0 aliphatic carbocycles. The van der Waals surface area contributed by atoms with Crippen LogP contribution in [0.4, 0.5) is 0 Å². The number of carbonyl (C=O) groups is 11. The average molecular weight is 839 g/mol. The molecule has 23 nitrogen and oxygen atoms in total. The molecule has 59 heavy (non-hydrogen) atoms. The lowest BCUT2D eigenvalue weighted by molar-refractivity contribution is -0.180. The van der Waals surface area contributed by atoms with Gasteiger partial charge >= 0.3 is 11.9 Å². The minimum Gasteiger partial charge on any atom is -0.480 e. The number of likely N-dealkylation sites (tertiary alicyclic amines) is 1. The molecule has 328 valence electrons. The second-order valence-corrected chi connectivity index (χ2v) is 14.5. The topological polar surface area (TPSA) is 339 Å². The molecule has 1 fully saturated rings. The molecule has 0 spiro atoms. The second kappa shape index (κ2) is 23.4. The molecule has 2 aliphatic rings. The van der Waals surface area contributed by atoms with Gasteiger partial charge in [-0.1, -0.05) is 13.8 Å². The van der Waals surface area contributed by atoms with Crippen LogP contribution >= 0.6 is 0 Å². The minimum absolute atomic E-state index is 0.00816. The van der Waals surface area contributed by atoms with E-state index < -0.39 is 108 Å². The standard InChI is InChI=1S/C36H54N8O15/c1-20(2)15-23(16-30(50)43-18-36(19-43,34(54)55)35(56)57)41-33(53)24(17-25(37)45)42-32(52)22(4)40-31(51)21(3)39-27(47)8-11-58-13-14-59-12-9-38-26(46)7-10-44-28(48)5-6-29(44)49/h5-6,20-24H,7-19H2,1-4H3,(H2,37,45)(H,38,46)(H,39,47)(H,40,51)(H,41,53)(H,42,52)(H,54,55)(H,56,57). The lowest BCUT2D eigenvalue weighted by atomic mass is 9.79. The van der Waals surface area contributed by atoms with Gasteiger partial charge in [0, 0.05) is 63.6 Å². The molecule has 2 heterocycles. The van der Waals surface area contributed by atoms with E-state index in [-0.39, 0.29) is 77.0 Å². The fraction of sp³-hybridized carbons (Fsp3) is 0.639. The van der Waals surface area contributed by atoms with Crippen LogP contribution in [0.2, 0.25) is 0 Å². The monoisotopic (exact) mass is 838 g/mol. The van der Waals surface area contributed by atoms with Gasteiger partial charge in [-0.2, -0.15) is 0 Å². The van der Waals surface area contributed by atoms with E-state index in [1.165, 1.54) is 13.8 Å². The van der Waals surface area contributed by atoms with Gasteiger partial charge in [0.05, 0.1) is 32.8 Å². The molecule has 9 amide bonds. The first kappa shape index (κ1) is 49.2. The molecule has 1 saturated heterocycles. The van der Waals surface area contributed by atoms with E-state index >= 15 is 0 Å². The summed E-state index contributed by atoms with van der Waals surface area (Å²) >= 11 is 0. The van der Waals surface area contributed by atoms with Gasteiger partial charge in [-0.05, 0) is 26.2 Å². The first-order valence-electron chi connectivity index (χ1n) is 18.9. The van der Waals surface area contributed by atoms with Gasteiger partial charge in [0.2, 0.25) is 41.4 Å². The van der Waals surface area contributed by atoms with E-state index in [1.54, 1.807) is 13.8 Å². The third-order valence-corrected chi connectivity index (χ3v) is 9.05. The predicted octanol–water partition coefficient (Wildman–Crippen LogP) is -3.87. The van der Waals surface area contributed by atoms with Gasteiger partial charge in [0.15, 0.2) is 5.41 Å². The van der Waals surface area contributed by atoms with Crippen LogP contribution in [0.1, 0.15) is 59.8 Å². The van der Waals surface area contributed by atoms with Gasteiger partial charge in [0.1, 0.15) is 18.1 Å². The van der Waals surface area contributed by atoms with Gasteiger partial charge < -0.3 is 56.9 Å². The van der Waals surface area contributed by atoms with Crippen LogP contribution in [0, 0.1) is 11.3 Å². The highest BCUT2D eigenvalue weighted by Crippen LogP contribution is 2.32. The van der Waals surface area contributed by atoms with Crippen LogP contribution in [-0.4, -0.2) is 162 Å². The largest absolute Gasteiger partial charge is 0.480 e. The molecule has 0 saturated carbocycles. The van der Waals surface area contributed by atoms with E-state index in [2.05, 4.69) is 26.6 Å². The van der Waals surface area contributed by atoms with Crippen molar-refractivity contribution >= 4 is 65.1 Å². The number of nitrogens with two attached hydrogens (primary N) is 1. The summed E-state index contributed by atoms with van der Waals surface area (Å²) in [6, 6.07) is -4.71. The molecule has 0 bridgehead atoms. The van der Waals surface area contributed by atoms with E-state index in [9.17, 15) is 63.0 Å². The second-order valence-electron chi connectivity index (χ2n) is 14.5. The van der Waals surface area contributed by atoms with E-state index in [0.29, 0.717) is 0 Å². The Bertz CT molecular complexity index is 1610. The van der Waals surface area contributed by atoms with Crippen LogP contribution in [0.5, 0.6) is 0 Å². The van der Waals surface area contributed by atoms with Crippen LogP contribution in [0.25, 0.3) is 0 Å². The number of hydrogen-bond acceptors (Lipinski definition) is 13. The van der Waals surface area contributed by atoms with E-state index in [0.717, 1.165) is 22.0 Å². The Hall–Kier alpha value is -5.97. The molecule has 4 atom stereocenters. The van der Waals surface area contributed by atoms with Crippen LogP contribution in [0.3, 0.4) is 0 Å². The number of nitrogens with one attached hydrogen (secondary N) is 5. The number of carboxylic acids is 2. The molecule has 0 aromatic heterocycles. The predicted molar refractivity (Wildman–Crippen MR) is 201 cm³/mol. The highest BCUT2D eigenvalue weighted by atomic mass is 16.5. The number of primary amides is 1. The number of aliphatic carboxylic acids is 2. The van der Waals surface area contributed by atoms with Crippen molar-refractivity contribution < 1.29 is 72.4 Å². The quantitative estimate of drug-likeness (QED) is 0.0223. The minimum atomic E-state index is -2.12. The maximum absolute atomic E-state index is 13.3. The van der Waals surface area contributed by atoms with Crippen molar-refractivity contribution in [1.29, 1.82) is 0 Å². The lowest BCUT2D eigenvalue weighted by Crippen LogP contribution is -2.66. The maximum Gasteiger partial charge on any atom is 0.324 e. The molecule has 0 aromatic carbocycles. The molecular weight excluding hydrogens is 784 g/mol. The van der Waals surface area contributed by atoms with Gasteiger partial charge in [-0.3, -0.25) is 57.6 Å². The molecule has 2 rings (SSSR count). The van der Waals surface area contributed by atoms with Gasteiger partial charge in [0.25, 0.3) is 11.8 Å². The number of amides is 9. The fourth-order valence-corrected chi connectivity index (χ4v) is 5.74. The normalized spacial score (nSPS) is 16.3. The molecule has 2 aliphatic heterocycles. The van der Waals surface area contributed by atoms with Crippen molar-refractivity contribution in [2.75, 3.05) is 52.6 Å². The fourth-order valence-electron chi connectivity index (χ4n) is 5.74. The molecule has 4 unspecified atom stereocenters. The third-order valence-electron chi connectivity index (χ3n) is 9.05. The van der Waals surface area contributed by atoms with Crippen LogP contribution < -0.4 is 32.3 Å². The highest BCUT2D eigenvalue weighted by Gasteiger charge is 2.57. The number of ether oxygens (including phenoxy) is 2. The summed E-state index contributed by atoms with van der Waals surface area (Å²) in [6.07, 6.45) is 1.40. The molecular formula is C36H54N8O15. The van der Waals surface area contributed by atoms with Crippen molar-refractivity contribution in [3.63, 3.8) is 0 Å². The smallest absolute Gasteiger partial charge is 0.324 e. The van der Waals surface area contributed by atoms with Gasteiger partial charge in [-0.25, -0.2) is 0 Å². The summed E-state index contributed by atoms with van der Waals surface area (Å²) < 4.78 is 10.7. The van der Waals surface area contributed by atoms with E-state index in [1.807, 2.05) is 0 Å². The Labute approximate surface area is 339 Å². The van der Waals surface area contributed by atoms with Crippen LogP contribution in [0.15, 0.2) is 12.2 Å². The van der Waals surface area contributed by atoms with Crippen molar-refractivity contribution in [3.05, 3.63) is 12.2 Å². The van der Waals surface area contributed by atoms with Gasteiger partial charge in [-0.15, -0.1) is 0 Å².